The van der Waals surface area contributed by atoms with E-state index in [1.165, 1.54) is 6.07 Å². The van der Waals surface area contributed by atoms with Crippen molar-refractivity contribution in [1.29, 1.82) is 0 Å². The van der Waals surface area contributed by atoms with Crippen molar-refractivity contribution in [3.63, 3.8) is 0 Å². The van der Waals surface area contributed by atoms with Crippen LogP contribution in [0.1, 0.15) is 5.56 Å². The van der Waals surface area contributed by atoms with Gasteiger partial charge in [-0.3, -0.25) is 4.99 Å². The largest absolute Gasteiger partial charge is 0.508 e. The van der Waals surface area contributed by atoms with Crippen LogP contribution in [0.15, 0.2) is 47.5 Å². The average Bonchev–Trinajstić information content (AvgIpc) is 2.50. The maximum absolute atomic E-state index is 9.43. The minimum atomic E-state index is -0.132. The van der Waals surface area contributed by atoms with Crippen LogP contribution in [-0.4, -0.2) is 30.6 Å². The summed E-state index contributed by atoms with van der Waals surface area (Å²) in [5.41, 5.74) is 0.675. The van der Waals surface area contributed by atoms with Gasteiger partial charge in [0.1, 0.15) is 12.4 Å². The Hall–Kier alpha value is -2.20. The van der Waals surface area contributed by atoms with Crippen LogP contribution in [0.3, 0.4) is 0 Å². The monoisotopic (exact) mass is 303 g/mol. The molecule has 1 aliphatic heterocycles. The van der Waals surface area contributed by atoms with E-state index in [0.717, 1.165) is 11.5 Å². The predicted molar refractivity (Wildman–Crippen MR) is 81.9 cm³/mol. The second kappa shape index (κ2) is 6.06. The molecular formula is C16H14ClNO3. The third-order valence-electron chi connectivity index (χ3n) is 3.09. The Morgan fingerprint density at radius 3 is 2.90 bits per heavy atom. The van der Waals surface area contributed by atoms with Gasteiger partial charge >= 0.3 is 0 Å². The summed E-state index contributed by atoms with van der Waals surface area (Å²) in [5, 5.41) is 9.97. The first-order valence-corrected chi connectivity index (χ1v) is 6.97. The molecule has 1 heterocycles. The lowest BCUT2D eigenvalue weighted by Gasteiger charge is -2.25. The Labute approximate surface area is 127 Å². The van der Waals surface area contributed by atoms with E-state index in [1.807, 2.05) is 24.3 Å². The highest BCUT2D eigenvalue weighted by atomic mass is 35.5. The first kappa shape index (κ1) is 13.8. The highest BCUT2D eigenvalue weighted by Gasteiger charge is 2.19. The van der Waals surface area contributed by atoms with Gasteiger partial charge in [-0.15, -0.1) is 0 Å². The van der Waals surface area contributed by atoms with Gasteiger partial charge in [0.05, 0.1) is 6.54 Å². The summed E-state index contributed by atoms with van der Waals surface area (Å²) >= 11 is 6.03. The van der Waals surface area contributed by atoms with Crippen LogP contribution in [0, 0.1) is 0 Å². The van der Waals surface area contributed by atoms with E-state index in [9.17, 15) is 5.11 Å². The molecule has 0 fully saturated rings. The SMILES string of the molecule is Oc1ccc(Cl)c(C=NC[C@H]2COc3ccccc3O2)c1. The van der Waals surface area contributed by atoms with E-state index in [2.05, 4.69) is 4.99 Å². The number of para-hydroxylation sites is 2. The van der Waals surface area contributed by atoms with E-state index in [-0.39, 0.29) is 11.9 Å². The van der Waals surface area contributed by atoms with E-state index < -0.39 is 0 Å². The van der Waals surface area contributed by atoms with Crippen molar-refractivity contribution in [2.45, 2.75) is 6.10 Å². The summed E-state index contributed by atoms with van der Waals surface area (Å²) in [5.74, 6) is 1.65. The Kier molecular flexibility index (Phi) is 3.97. The molecule has 1 N–H and O–H groups in total. The van der Waals surface area contributed by atoms with Crippen molar-refractivity contribution in [2.24, 2.45) is 4.99 Å². The van der Waals surface area contributed by atoms with Crippen molar-refractivity contribution in [2.75, 3.05) is 13.2 Å². The van der Waals surface area contributed by atoms with Crippen molar-refractivity contribution in [3.05, 3.63) is 53.1 Å². The van der Waals surface area contributed by atoms with Gasteiger partial charge < -0.3 is 14.6 Å². The number of nitrogens with zero attached hydrogens (tertiary/aromatic N) is 1. The Balaban J connectivity index is 1.64. The molecule has 0 aromatic heterocycles. The molecule has 0 amide bonds. The molecule has 21 heavy (non-hydrogen) atoms. The zero-order valence-corrected chi connectivity index (χ0v) is 12.0. The summed E-state index contributed by atoms with van der Waals surface area (Å²) < 4.78 is 11.4. The molecule has 2 aromatic rings. The molecule has 108 valence electrons. The van der Waals surface area contributed by atoms with Crippen molar-refractivity contribution < 1.29 is 14.6 Å². The van der Waals surface area contributed by atoms with Crippen LogP contribution >= 0.6 is 11.6 Å². The molecule has 0 spiro atoms. The number of hydrogen-bond donors (Lipinski definition) is 1. The Morgan fingerprint density at radius 1 is 1.24 bits per heavy atom. The van der Waals surface area contributed by atoms with Gasteiger partial charge in [-0.25, -0.2) is 0 Å². The summed E-state index contributed by atoms with van der Waals surface area (Å²) in [6.07, 6.45) is 1.50. The van der Waals surface area contributed by atoms with E-state index in [4.69, 9.17) is 21.1 Å². The molecule has 1 aliphatic rings. The van der Waals surface area contributed by atoms with E-state index in [0.29, 0.717) is 23.7 Å². The van der Waals surface area contributed by atoms with Crippen LogP contribution in [0.2, 0.25) is 5.02 Å². The van der Waals surface area contributed by atoms with Gasteiger partial charge in [0, 0.05) is 16.8 Å². The van der Waals surface area contributed by atoms with Gasteiger partial charge in [-0.2, -0.15) is 0 Å². The molecule has 3 rings (SSSR count). The second-order valence-corrected chi connectivity index (χ2v) is 5.10. The molecule has 5 heteroatoms. The number of aliphatic imine (C=N–C) groups is 1. The average molecular weight is 304 g/mol. The van der Waals surface area contributed by atoms with E-state index in [1.54, 1.807) is 18.3 Å². The molecule has 0 radical (unpaired) electrons. The number of benzene rings is 2. The fourth-order valence-corrected chi connectivity index (χ4v) is 2.22. The zero-order valence-electron chi connectivity index (χ0n) is 11.2. The molecule has 0 bridgehead atoms. The van der Waals surface area contributed by atoms with Crippen LogP contribution in [0.4, 0.5) is 0 Å². The topological polar surface area (TPSA) is 51.1 Å². The lowest BCUT2D eigenvalue weighted by molar-refractivity contribution is 0.0973. The number of phenols is 1. The number of ether oxygens (including phenoxy) is 2. The first-order chi connectivity index (χ1) is 10.2. The molecule has 1 atom stereocenters. The molecule has 0 saturated carbocycles. The van der Waals surface area contributed by atoms with Gasteiger partial charge in [0.25, 0.3) is 0 Å². The smallest absolute Gasteiger partial charge is 0.161 e. The number of fused-ring (bicyclic) bond motifs is 1. The number of aromatic hydroxyl groups is 1. The fourth-order valence-electron chi connectivity index (χ4n) is 2.05. The maximum Gasteiger partial charge on any atom is 0.161 e. The highest BCUT2D eigenvalue weighted by molar-refractivity contribution is 6.33. The highest BCUT2D eigenvalue weighted by Crippen LogP contribution is 2.30. The summed E-state index contributed by atoms with van der Waals surface area (Å²) in [4.78, 5) is 4.31. The van der Waals surface area contributed by atoms with Crippen LogP contribution in [-0.2, 0) is 0 Å². The number of phenolic OH excluding ortho intramolecular Hbond substituents is 1. The van der Waals surface area contributed by atoms with Crippen LogP contribution < -0.4 is 9.47 Å². The lowest BCUT2D eigenvalue weighted by atomic mass is 10.2. The van der Waals surface area contributed by atoms with Gasteiger partial charge in [0.2, 0.25) is 0 Å². The van der Waals surface area contributed by atoms with Crippen molar-refractivity contribution >= 4 is 17.8 Å². The standard InChI is InChI=1S/C16H14ClNO3/c17-14-6-5-12(19)7-11(14)8-18-9-13-10-20-15-3-1-2-4-16(15)21-13/h1-8,13,19H,9-10H2/t13-/m0/s1. The Morgan fingerprint density at radius 2 is 2.05 bits per heavy atom. The third-order valence-corrected chi connectivity index (χ3v) is 3.43. The normalized spacial score (nSPS) is 17.1. The van der Waals surface area contributed by atoms with Crippen LogP contribution in [0.5, 0.6) is 17.2 Å². The third kappa shape index (κ3) is 3.28. The van der Waals surface area contributed by atoms with Gasteiger partial charge in [-0.05, 0) is 30.3 Å². The summed E-state index contributed by atoms with van der Waals surface area (Å²) in [6.45, 7) is 0.919. The molecule has 2 aromatic carbocycles. The molecule has 0 saturated heterocycles. The van der Waals surface area contributed by atoms with Crippen molar-refractivity contribution in [3.8, 4) is 17.2 Å². The molecule has 0 aliphatic carbocycles. The predicted octanol–water partition coefficient (Wildman–Crippen LogP) is 3.30. The fraction of sp³-hybridized carbons (Fsp3) is 0.188. The zero-order chi connectivity index (χ0) is 14.7. The second-order valence-electron chi connectivity index (χ2n) is 4.70. The summed E-state index contributed by atoms with van der Waals surface area (Å²) in [7, 11) is 0. The van der Waals surface area contributed by atoms with Crippen molar-refractivity contribution in [1.82, 2.24) is 0 Å². The van der Waals surface area contributed by atoms with Gasteiger partial charge in [0.15, 0.2) is 17.6 Å². The van der Waals surface area contributed by atoms with Gasteiger partial charge in [-0.1, -0.05) is 23.7 Å². The minimum Gasteiger partial charge on any atom is -0.508 e. The molecular weight excluding hydrogens is 290 g/mol. The number of hydrogen-bond acceptors (Lipinski definition) is 4. The maximum atomic E-state index is 9.43. The number of rotatable bonds is 3. The number of halogens is 1. The quantitative estimate of drug-likeness (QED) is 0.885. The Bertz CT molecular complexity index is 672. The van der Waals surface area contributed by atoms with Crippen LogP contribution in [0.25, 0.3) is 0 Å². The minimum absolute atomic E-state index is 0.132. The first-order valence-electron chi connectivity index (χ1n) is 6.59. The summed E-state index contributed by atoms with van der Waals surface area (Å²) in [6, 6.07) is 12.3. The van der Waals surface area contributed by atoms with E-state index >= 15 is 0 Å². The molecule has 0 unspecified atom stereocenters. The molecule has 4 nitrogen and oxygen atoms in total. The lowest BCUT2D eigenvalue weighted by Crippen LogP contribution is -2.31.